The monoisotopic (exact) mass is 226 g/mol. The molecule has 92 valence electrons. The quantitative estimate of drug-likeness (QED) is 0.347. The van der Waals surface area contributed by atoms with Crippen LogP contribution < -0.4 is 11.1 Å². The van der Waals surface area contributed by atoms with Gasteiger partial charge in [0.1, 0.15) is 0 Å². The fraction of sp³-hybridized carbons (Fsp3) is 0.636. The minimum atomic E-state index is -0.412. The molecule has 0 spiro atoms. The smallest absolute Gasteiger partial charge is 0.244 e. The lowest BCUT2D eigenvalue weighted by molar-refractivity contribution is -0.114. The van der Waals surface area contributed by atoms with Crippen molar-refractivity contribution < 1.29 is 4.79 Å². The van der Waals surface area contributed by atoms with Crippen LogP contribution in [0.2, 0.25) is 0 Å². The Kier molecular flexibility index (Phi) is 8.38. The van der Waals surface area contributed by atoms with Gasteiger partial charge in [0.15, 0.2) is 0 Å². The second-order valence-corrected chi connectivity index (χ2v) is 3.86. The molecule has 0 aromatic carbocycles. The second-order valence-electron chi connectivity index (χ2n) is 3.86. The topological polar surface area (TPSA) is 70.7 Å². The van der Waals surface area contributed by atoms with Gasteiger partial charge >= 0.3 is 0 Å². The summed E-state index contributed by atoms with van der Waals surface area (Å²) in [4.78, 5) is 16.9. The molecule has 0 saturated carbocycles. The van der Waals surface area contributed by atoms with Gasteiger partial charge in [0.25, 0.3) is 0 Å². The summed E-state index contributed by atoms with van der Waals surface area (Å²) in [5.41, 5.74) is 5.57. The number of primary amides is 1. The van der Waals surface area contributed by atoms with E-state index in [4.69, 9.17) is 5.73 Å². The zero-order valence-electron chi connectivity index (χ0n) is 10.4. The number of amides is 1. The van der Waals surface area contributed by atoms with E-state index in [2.05, 4.69) is 29.3 Å². The van der Waals surface area contributed by atoms with Crippen molar-refractivity contribution in [3.63, 3.8) is 0 Å². The van der Waals surface area contributed by atoms with E-state index in [0.29, 0.717) is 12.2 Å². The largest absolute Gasteiger partial charge is 0.366 e. The number of hydrogen-bond donors (Lipinski definition) is 2. The van der Waals surface area contributed by atoms with Gasteiger partial charge in [-0.15, -0.1) is 0 Å². The molecule has 3 N–H and O–H groups in total. The normalized spacial score (nSPS) is 12.6. The van der Waals surface area contributed by atoms with Gasteiger partial charge < -0.3 is 10.6 Å². The summed E-state index contributed by atoms with van der Waals surface area (Å²) >= 11 is 0. The molecule has 0 fully saturated rings. The number of allylic oxidation sites excluding steroid dienone is 1. The third kappa shape index (κ3) is 9.36. The molecule has 16 heavy (non-hydrogen) atoms. The Hall–Kier alpha value is -1.20. The van der Waals surface area contributed by atoms with Crippen molar-refractivity contribution in [3.05, 3.63) is 11.6 Å². The minimum absolute atomic E-state index is 0.412. The van der Waals surface area contributed by atoms with Crippen molar-refractivity contribution in [2.45, 2.75) is 13.3 Å². The first-order valence-corrected chi connectivity index (χ1v) is 5.36. The minimum Gasteiger partial charge on any atom is -0.366 e. The summed E-state index contributed by atoms with van der Waals surface area (Å²) in [7, 11) is 4.10. The summed E-state index contributed by atoms with van der Waals surface area (Å²) in [6, 6.07) is 0. The summed E-state index contributed by atoms with van der Waals surface area (Å²) in [5.74, 6) is -0.412. The van der Waals surface area contributed by atoms with E-state index >= 15 is 0 Å². The van der Waals surface area contributed by atoms with E-state index in [1.165, 1.54) is 0 Å². The molecule has 0 saturated heterocycles. The maximum Gasteiger partial charge on any atom is 0.244 e. The summed E-state index contributed by atoms with van der Waals surface area (Å²) in [5, 5.41) is 3.17. The van der Waals surface area contributed by atoms with Crippen molar-refractivity contribution >= 4 is 12.1 Å². The second kappa shape index (κ2) is 9.06. The number of aliphatic imine (C=N–C) groups is 1. The summed E-state index contributed by atoms with van der Waals surface area (Å²) in [6.45, 7) is 4.24. The van der Waals surface area contributed by atoms with Crippen LogP contribution in [0, 0.1) is 0 Å². The van der Waals surface area contributed by atoms with Crippen LogP contribution in [0.4, 0.5) is 0 Å². The van der Waals surface area contributed by atoms with Gasteiger partial charge in [-0.05, 0) is 46.6 Å². The van der Waals surface area contributed by atoms with Gasteiger partial charge in [0.2, 0.25) is 5.91 Å². The number of rotatable bonds is 8. The average Bonchev–Trinajstić information content (AvgIpc) is 2.21. The Morgan fingerprint density at radius 2 is 2.19 bits per heavy atom. The van der Waals surface area contributed by atoms with Gasteiger partial charge in [-0.2, -0.15) is 0 Å². The lowest BCUT2D eigenvalue weighted by atomic mass is 10.3. The molecule has 0 aliphatic rings. The number of carbonyl (C=O) groups is 1. The summed E-state index contributed by atoms with van der Waals surface area (Å²) < 4.78 is 0. The number of carbonyl (C=O) groups excluding carboxylic acids is 1. The first-order valence-electron chi connectivity index (χ1n) is 5.36. The highest BCUT2D eigenvalue weighted by molar-refractivity contribution is 5.95. The Bertz CT molecular complexity index is 259. The molecular weight excluding hydrogens is 204 g/mol. The fourth-order valence-electron chi connectivity index (χ4n) is 0.963. The maximum atomic E-state index is 10.6. The van der Waals surface area contributed by atoms with Gasteiger partial charge in [0.05, 0.1) is 6.67 Å². The van der Waals surface area contributed by atoms with Gasteiger partial charge in [-0.25, -0.2) is 0 Å². The van der Waals surface area contributed by atoms with Crippen molar-refractivity contribution in [2.75, 3.05) is 33.9 Å². The van der Waals surface area contributed by atoms with E-state index in [1.807, 2.05) is 0 Å². The van der Waals surface area contributed by atoms with E-state index in [-0.39, 0.29) is 0 Å². The predicted octanol–water partition coefficient (Wildman–Crippen LogP) is -0.0124. The highest BCUT2D eigenvalue weighted by Crippen LogP contribution is 1.86. The van der Waals surface area contributed by atoms with Crippen LogP contribution in [-0.4, -0.2) is 50.9 Å². The molecule has 0 unspecified atom stereocenters. The molecule has 0 aliphatic heterocycles. The number of hydrogen-bond acceptors (Lipinski definition) is 4. The van der Waals surface area contributed by atoms with E-state index < -0.39 is 5.91 Å². The molecule has 0 aliphatic carbocycles. The Morgan fingerprint density at radius 3 is 2.75 bits per heavy atom. The lowest BCUT2D eigenvalue weighted by Crippen LogP contribution is -2.21. The standard InChI is InChI=1S/C11H22N4O/c1-10(11(12)16)5-7-14-9-13-6-4-8-15(2)3/h5,7,13H,4,6,8-9H2,1-3H3,(H2,12,16)/b10-5+,14-7?. The first-order chi connectivity index (χ1) is 7.54. The van der Waals surface area contributed by atoms with Crippen LogP contribution >= 0.6 is 0 Å². The van der Waals surface area contributed by atoms with Crippen molar-refractivity contribution in [2.24, 2.45) is 10.7 Å². The average molecular weight is 226 g/mol. The summed E-state index contributed by atoms with van der Waals surface area (Å²) in [6.07, 6.45) is 4.31. The van der Waals surface area contributed by atoms with Gasteiger partial charge in [-0.3, -0.25) is 15.1 Å². The zero-order valence-corrected chi connectivity index (χ0v) is 10.4. The number of nitrogens with two attached hydrogens (primary N) is 1. The SMILES string of the molecule is C/C(=C\C=NCNCCCN(C)C)C(N)=O. The van der Waals surface area contributed by atoms with Crippen LogP contribution in [0.1, 0.15) is 13.3 Å². The molecule has 5 nitrogen and oxygen atoms in total. The highest BCUT2D eigenvalue weighted by Gasteiger charge is 1.92. The van der Waals surface area contributed by atoms with Crippen LogP contribution in [0.5, 0.6) is 0 Å². The van der Waals surface area contributed by atoms with Crippen molar-refractivity contribution in [1.29, 1.82) is 0 Å². The number of nitrogens with zero attached hydrogens (tertiary/aromatic N) is 2. The zero-order chi connectivity index (χ0) is 12.4. The molecule has 0 heterocycles. The van der Waals surface area contributed by atoms with E-state index in [1.54, 1.807) is 19.2 Å². The molecule has 0 aromatic heterocycles. The fourth-order valence-corrected chi connectivity index (χ4v) is 0.963. The van der Waals surface area contributed by atoms with Crippen molar-refractivity contribution in [3.8, 4) is 0 Å². The van der Waals surface area contributed by atoms with Crippen LogP contribution in [0.25, 0.3) is 0 Å². The molecule has 5 heteroatoms. The predicted molar refractivity (Wildman–Crippen MR) is 67.5 cm³/mol. The molecule has 0 atom stereocenters. The molecule has 0 bridgehead atoms. The molecular formula is C11H22N4O. The Labute approximate surface area is 97.4 Å². The Morgan fingerprint density at radius 1 is 1.50 bits per heavy atom. The number of nitrogens with one attached hydrogen (secondary N) is 1. The van der Waals surface area contributed by atoms with Crippen LogP contribution in [-0.2, 0) is 4.79 Å². The maximum absolute atomic E-state index is 10.6. The van der Waals surface area contributed by atoms with E-state index in [0.717, 1.165) is 19.5 Å². The third-order valence-corrected chi connectivity index (χ3v) is 1.98. The van der Waals surface area contributed by atoms with Gasteiger partial charge in [-0.1, -0.05) is 0 Å². The highest BCUT2D eigenvalue weighted by atomic mass is 16.1. The van der Waals surface area contributed by atoms with Crippen LogP contribution in [0.3, 0.4) is 0 Å². The van der Waals surface area contributed by atoms with Gasteiger partial charge in [0, 0.05) is 11.8 Å². The molecule has 0 aromatic rings. The molecule has 0 rings (SSSR count). The Balaban J connectivity index is 3.48. The van der Waals surface area contributed by atoms with E-state index in [9.17, 15) is 4.79 Å². The lowest BCUT2D eigenvalue weighted by Gasteiger charge is -2.08. The van der Waals surface area contributed by atoms with Crippen molar-refractivity contribution in [1.82, 2.24) is 10.2 Å². The molecule has 1 amide bonds. The van der Waals surface area contributed by atoms with Crippen LogP contribution in [0.15, 0.2) is 16.6 Å². The molecule has 0 radical (unpaired) electrons. The third-order valence-electron chi connectivity index (χ3n) is 1.98. The first kappa shape index (κ1) is 14.8.